The van der Waals surface area contributed by atoms with Gasteiger partial charge in [-0.1, -0.05) is 52.3 Å². The zero-order chi connectivity index (χ0) is 13.7. The van der Waals surface area contributed by atoms with Crippen LogP contribution in [-0.2, 0) is 6.42 Å². The number of nitrogens with two attached hydrogens (primary N) is 1. The molecular weight excluding hydrogens is 298 g/mol. The molecule has 2 heteroatoms. The molecule has 2 aromatic carbocycles. The molecule has 0 bridgehead atoms. The van der Waals surface area contributed by atoms with Crippen LogP contribution in [0.5, 0.6) is 0 Å². The predicted molar refractivity (Wildman–Crippen MR) is 85.2 cm³/mol. The van der Waals surface area contributed by atoms with Gasteiger partial charge in [-0.2, -0.15) is 0 Å². The van der Waals surface area contributed by atoms with Crippen LogP contribution in [0, 0.1) is 6.92 Å². The summed E-state index contributed by atoms with van der Waals surface area (Å²) in [6.07, 6.45) is 3.24. The minimum absolute atomic E-state index is 0.126. The number of halogens is 1. The van der Waals surface area contributed by atoms with Gasteiger partial charge in [-0.3, -0.25) is 0 Å². The van der Waals surface area contributed by atoms with Crippen molar-refractivity contribution >= 4 is 15.9 Å². The number of hydrogen-bond donors (Lipinski definition) is 1. The SMILES string of the molecule is Cc1ccc(Br)cc1C(N)CCCc1ccccc1. The van der Waals surface area contributed by atoms with Gasteiger partial charge in [0, 0.05) is 10.5 Å². The zero-order valence-electron chi connectivity index (χ0n) is 11.3. The zero-order valence-corrected chi connectivity index (χ0v) is 12.9. The summed E-state index contributed by atoms with van der Waals surface area (Å²) in [5.41, 5.74) is 10.2. The van der Waals surface area contributed by atoms with E-state index in [-0.39, 0.29) is 6.04 Å². The van der Waals surface area contributed by atoms with E-state index in [1.54, 1.807) is 0 Å². The smallest absolute Gasteiger partial charge is 0.0297 e. The van der Waals surface area contributed by atoms with Gasteiger partial charge in [-0.05, 0) is 55.0 Å². The third kappa shape index (κ3) is 4.19. The van der Waals surface area contributed by atoms with Crippen LogP contribution in [0.2, 0.25) is 0 Å². The number of rotatable bonds is 5. The van der Waals surface area contributed by atoms with Crippen molar-refractivity contribution in [2.75, 3.05) is 0 Å². The maximum atomic E-state index is 6.31. The second-order valence-electron chi connectivity index (χ2n) is 4.99. The molecule has 19 heavy (non-hydrogen) atoms. The Hall–Kier alpha value is -1.12. The van der Waals surface area contributed by atoms with E-state index in [0.717, 1.165) is 23.7 Å². The first-order chi connectivity index (χ1) is 9.16. The summed E-state index contributed by atoms with van der Waals surface area (Å²) in [6, 6.07) is 17.0. The van der Waals surface area contributed by atoms with Crippen molar-refractivity contribution in [3.8, 4) is 0 Å². The van der Waals surface area contributed by atoms with Crippen LogP contribution in [0.25, 0.3) is 0 Å². The summed E-state index contributed by atoms with van der Waals surface area (Å²) in [7, 11) is 0. The highest BCUT2D eigenvalue weighted by Gasteiger charge is 2.09. The quantitative estimate of drug-likeness (QED) is 0.843. The van der Waals surface area contributed by atoms with Crippen LogP contribution in [0.1, 0.15) is 35.6 Å². The van der Waals surface area contributed by atoms with Crippen molar-refractivity contribution in [3.63, 3.8) is 0 Å². The lowest BCUT2D eigenvalue weighted by atomic mass is 9.96. The Morgan fingerprint density at radius 1 is 1.11 bits per heavy atom. The lowest BCUT2D eigenvalue weighted by molar-refractivity contribution is 0.608. The first-order valence-electron chi connectivity index (χ1n) is 6.72. The molecule has 0 aliphatic rings. The van der Waals surface area contributed by atoms with Gasteiger partial charge in [-0.15, -0.1) is 0 Å². The van der Waals surface area contributed by atoms with Crippen molar-refractivity contribution in [1.29, 1.82) is 0 Å². The van der Waals surface area contributed by atoms with Crippen molar-refractivity contribution in [2.45, 2.75) is 32.2 Å². The minimum Gasteiger partial charge on any atom is -0.324 e. The molecule has 1 nitrogen and oxygen atoms in total. The maximum absolute atomic E-state index is 6.31. The van der Waals surface area contributed by atoms with Crippen molar-refractivity contribution in [1.82, 2.24) is 0 Å². The Morgan fingerprint density at radius 3 is 2.58 bits per heavy atom. The van der Waals surface area contributed by atoms with Gasteiger partial charge < -0.3 is 5.73 Å². The molecule has 0 aliphatic carbocycles. The number of benzene rings is 2. The first kappa shape index (κ1) is 14.3. The maximum Gasteiger partial charge on any atom is 0.0297 e. The molecule has 0 radical (unpaired) electrons. The normalized spacial score (nSPS) is 12.4. The van der Waals surface area contributed by atoms with Crippen LogP contribution in [0.15, 0.2) is 53.0 Å². The number of aryl methyl sites for hydroxylation is 2. The summed E-state index contributed by atoms with van der Waals surface area (Å²) in [5, 5.41) is 0. The van der Waals surface area contributed by atoms with E-state index in [1.807, 2.05) is 0 Å². The molecule has 0 amide bonds. The topological polar surface area (TPSA) is 26.0 Å². The summed E-state index contributed by atoms with van der Waals surface area (Å²) in [6.45, 7) is 2.12. The fraction of sp³-hybridized carbons (Fsp3) is 0.294. The summed E-state index contributed by atoms with van der Waals surface area (Å²) < 4.78 is 1.10. The Bertz CT molecular complexity index is 522. The first-order valence-corrected chi connectivity index (χ1v) is 7.51. The molecule has 0 fully saturated rings. The molecule has 0 saturated carbocycles. The molecule has 100 valence electrons. The second kappa shape index (κ2) is 6.88. The molecular formula is C17H20BrN. The summed E-state index contributed by atoms with van der Waals surface area (Å²) >= 11 is 3.51. The Kier molecular flexibility index (Phi) is 5.17. The largest absolute Gasteiger partial charge is 0.324 e. The molecule has 1 atom stereocenters. The lowest BCUT2D eigenvalue weighted by Gasteiger charge is -2.15. The molecule has 2 N–H and O–H groups in total. The fourth-order valence-corrected chi connectivity index (χ4v) is 2.72. The lowest BCUT2D eigenvalue weighted by Crippen LogP contribution is -2.12. The highest BCUT2D eigenvalue weighted by molar-refractivity contribution is 9.10. The Labute approximate surface area is 124 Å². The van der Waals surface area contributed by atoms with Crippen LogP contribution in [0.4, 0.5) is 0 Å². The highest BCUT2D eigenvalue weighted by Crippen LogP contribution is 2.24. The van der Waals surface area contributed by atoms with Crippen molar-refractivity contribution in [3.05, 3.63) is 69.7 Å². The van der Waals surface area contributed by atoms with E-state index in [2.05, 4.69) is 71.4 Å². The van der Waals surface area contributed by atoms with Gasteiger partial charge in [0.25, 0.3) is 0 Å². The fourth-order valence-electron chi connectivity index (χ4n) is 2.34. The molecule has 2 rings (SSSR count). The van der Waals surface area contributed by atoms with E-state index >= 15 is 0 Å². The standard InChI is InChI=1S/C17H20BrN/c1-13-10-11-15(18)12-16(13)17(19)9-5-8-14-6-3-2-4-7-14/h2-4,6-7,10-12,17H,5,8-9,19H2,1H3. The second-order valence-corrected chi connectivity index (χ2v) is 5.90. The van der Waals surface area contributed by atoms with Crippen LogP contribution < -0.4 is 5.73 Å². The molecule has 2 aromatic rings. The Morgan fingerprint density at radius 2 is 1.84 bits per heavy atom. The monoisotopic (exact) mass is 317 g/mol. The number of hydrogen-bond acceptors (Lipinski definition) is 1. The molecule has 0 saturated heterocycles. The third-order valence-electron chi connectivity index (χ3n) is 3.46. The Balaban J connectivity index is 1.91. The van der Waals surface area contributed by atoms with E-state index in [9.17, 15) is 0 Å². The summed E-state index contributed by atoms with van der Waals surface area (Å²) in [4.78, 5) is 0. The van der Waals surface area contributed by atoms with Gasteiger partial charge in [0.1, 0.15) is 0 Å². The van der Waals surface area contributed by atoms with Crippen molar-refractivity contribution in [2.24, 2.45) is 5.73 Å². The average Bonchev–Trinajstić information content (AvgIpc) is 2.42. The molecule has 1 unspecified atom stereocenters. The molecule has 0 aromatic heterocycles. The van der Waals surface area contributed by atoms with E-state index in [1.165, 1.54) is 16.7 Å². The third-order valence-corrected chi connectivity index (χ3v) is 3.96. The van der Waals surface area contributed by atoms with E-state index in [4.69, 9.17) is 5.73 Å². The van der Waals surface area contributed by atoms with Crippen molar-refractivity contribution < 1.29 is 0 Å². The summed E-state index contributed by atoms with van der Waals surface area (Å²) in [5.74, 6) is 0. The van der Waals surface area contributed by atoms with Crippen LogP contribution >= 0.6 is 15.9 Å². The molecule has 0 aliphatic heterocycles. The highest BCUT2D eigenvalue weighted by atomic mass is 79.9. The molecule has 0 heterocycles. The van der Waals surface area contributed by atoms with Crippen LogP contribution in [-0.4, -0.2) is 0 Å². The van der Waals surface area contributed by atoms with Gasteiger partial charge in [0.05, 0.1) is 0 Å². The predicted octanol–water partition coefficient (Wildman–Crippen LogP) is 4.78. The van der Waals surface area contributed by atoms with E-state index in [0.29, 0.717) is 0 Å². The van der Waals surface area contributed by atoms with Gasteiger partial charge >= 0.3 is 0 Å². The van der Waals surface area contributed by atoms with Gasteiger partial charge in [0.15, 0.2) is 0 Å². The average molecular weight is 318 g/mol. The van der Waals surface area contributed by atoms with E-state index < -0.39 is 0 Å². The molecule has 0 spiro atoms. The van der Waals surface area contributed by atoms with Gasteiger partial charge in [0.2, 0.25) is 0 Å². The minimum atomic E-state index is 0.126. The van der Waals surface area contributed by atoms with Gasteiger partial charge in [-0.25, -0.2) is 0 Å². The van der Waals surface area contributed by atoms with Crippen LogP contribution in [0.3, 0.4) is 0 Å².